The zero-order valence-electron chi connectivity index (χ0n) is 8.29. The lowest BCUT2D eigenvalue weighted by Crippen LogP contribution is -2.31. The maximum Gasteiger partial charge on any atom is 0.248 e. The van der Waals surface area contributed by atoms with Gasteiger partial charge in [-0.3, -0.25) is 9.63 Å². The molecule has 0 saturated heterocycles. The Labute approximate surface area is 93.9 Å². The number of amides is 1. The van der Waals surface area contributed by atoms with Crippen molar-refractivity contribution in [1.29, 1.82) is 0 Å². The Morgan fingerprint density at radius 1 is 1.47 bits per heavy atom. The minimum Gasteiger partial charge on any atom is -0.301 e. The molecule has 2 rings (SSSR count). The number of benzene rings is 1. The van der Waals surface area contributed by atoms with Crippen LogP contribution in [0, 0.1) is 0 Å². The van der Waals surface area contributed by atoms with Gasteiger partial charge in [-0.1, -0.05) is 24.3 Å². The largest absolute Gasteiger partial charge is 0.301 e. The Kier molecular flexibility index (Phi) is 3.23. The number of carbonyl (C=O) groups is 1. The Morgan fingerprint density at radius 3 is 3.07 bits per heavy atom. The second kappa shape index (κ2) is 4.64. The number of halogens is 1. The molecule has 0 spiro atoms. The van der Waals surface area contributed by atoms with Crippen LogP contribution in [0.4, 0.5) is 0 Å². The lowest BCUT2D eigenvalue weighted by Gasteiger charge is -2.12. The van der Waals surface area contributed by atoms with Crippen LogP contribution in [0.2, 0.25) is 0 Å². The van der Waals surface area contributed by atoms with E-state index >= 15 is 0 Å². The van der Waals surface area contributed by atoms with Gasteiger partial charge in [0.15, 0.2) is 0 Å². The SMILES string of the molecule is O=C(CNC1CCc2ccccc21)NCl. The van der Waals surface area contributed by atoms with Gasteiger partial charge in [0.25, 0.3) is 0 Å². The molecule has 1 atom stereocenters. The fourth-order valence-corrected chi connectivity index (χ4v) is 2.09. The van der Waals surface area contributed by atoms with E-state index in [1.165, 1.54) is 11.1 Å². The van der Waals surface area contributed by atoms with Gasteiger partial charge in [0.2, 0.25) is 5.91 Å². The molecule has 0 fully saturated rings. The zero-order valence-corrected chi connectivity index (χ0v) is 9.05. The van der Waals surface area contributed by atoms with Crippen LogP contribution in [0.15, 0.2) is 24.3 Å². The minimum atomic E-state index is -0.193. The van der Waals surface area contributed by atoms with Crippen LogP contribution in [-0.4, -0.2) is 12.5 Å². The van der Waals surface area contributed by atoms with Crippen molar-refractivity contribution in [2.75, 3.05) is 6.54 Å². The van der Waals surface area contributed by atoms with E-state index < -0.39 is 0 Å². The summed E-state index contributed by atoms with van der Waals surface area (Å²) in [7, 11) is 0. The topological polar surface area (TPSA) is 41.1 Å². The number of nitrogens with one attached hydrogen (secondary N) is 2. The van der Waals surface area contributed by atoms with E-state index in [1.807, 2.05) is 12.1 Å². The van der Waals surface area contributed by atoms with Crippen molar-refractivity contribution in [3.8, 4) is 0 Å². The summed E-state index contributed by atoms with van der Waals surface area (Å²) in [6, 6.07) is 8.61. The predicted molar refractivity (Wildman–Crippen MR) is 59.5 cm³/mol. The van der Waals surface area contributed by atoms with Gasteiger partial charge in [-0.15, -0.1) is 0 Å². The fourth-order valence-electron chi connectivity index (χ4n) is 2.02. The van der Waals surface area contributed by atoms with Crippen LogP contribution in [0.25, 0.3) is 0 Å². The lowest BCUT2D eigenvalue weighted by atomic mass is 10.1. The van der Waals surface area contributed by atoms with Crippen LogP contribution in [-0.2, 0) is 11.2 Å². The van der Waals surface area contributed by atoms with E-state index in [2.05, 4.69) is 22.3 Å². The van der Waals surface area contributed by atoms with E-state index in [0.717, 1.165) is 12.8 Å². The van der Waals surface area contributed by atoms with Gasteiger partial charge >= 0.3 is 0 Å². The van der Waals surface area contributed by atoms with Crippen LogP contribution >= 0.6 is 11.8 Å². The fraction of sp³-hybridized carbons (Fsp3) is 0.364. The van der Waals surface area contributed by atoms with Gasteiger partial charge in [0.1, 0.15) is 0 Å². The van der Waals surface area contributed by atoms with Gasteiger partial charge in [-0.05, 0) is 24.0 Å². The van der Waals surface area contributed by atoms with Gasteiger partial charge < -0.3 is 5.32 Å². The molecular weight excluding hydrogens is 212 g/mol. The highest BCUT2D eigenvalue weighted by molar-refractivity contribution is 6.21. The molecule has 0 aromatic heterocycles. The second-order valence-corrected chi connectivity index (χ2v) is 3.88. The van der Waals surface area contributed by atoms with Crippen molar-refractivity contribution in [1.82, 2.24) is 10.2 Å². The van der Waals surface area contributed by atoms with Crippen molar-refractivity contribution in [3.63, 3.8) is 0 Å². The number of aryl methyl sites for hydroxylation is 1. The number of hydrogen-bond donors (Lipinski definition) is 2. The van der Waals surface area contributed by atoms with Gasteiger partial charge in [-0.25, -0.2) is 0 Å². The number of hydrogen-bond acceptors (Lipinski definition) is 2. The third-order valence-electron chi connectivity index (χ3n) is 2.75. The Morgan fingerprint density at radius 2 is 2.27 bits per heavy atom. The van der Waals surface area contributed by atoms with Crippen LogP contribution in [0.5, 0.6) is 0 Å². The molecule has 15 heavy (non-hydrogen) atoms. The molecule has 1 aromatic carbocycles. The Bertz CT molecular complexity index is 367. The van der Waals surface area contributed by atoms with Crippen LogP contribution in [0.1, 0.15) is 23.6 Å². The smallest absolute Gasteiger partial charge is 0.248 e. The zero-order chi connectivity index (χ0) is 10.7. The first-order chi connectivity index (χ1) is 7.31. The first-order valence-electron chi connectivity index (χ1n) is 5.02. The summed E-state index contributed by atoms with van der Waals surface area (Å²) in [4.78, 5) is 13.1. The Balaban J connectivity index is 1.99. The molecule has 1 aliphatic carbocycles. The summed E-state index contributed by atoms with van der Waals surface area (Å²) in [6.07, 6.45) is 2.13. The molecule has 0 heterocycles. The van der Waals surface area contributed by atoms with Crippen molar-refractivity contribution in [2.24, 2.45) is 0 Å². The molecule has 3 nitrogen and oxygen atoms in total. The molecule has 80 valence electrons. The molecule has 0 saturated carbocycles. The minimum absolute atomic E-state index is 0.193. The first kappa shape index (κ1) is 10.5. The predicted octanol–water partition coefficient (Wildman–Crippen LogP) is 1.53. The first-order valence-corrected chi connectivity index (χ1v) is 5.39. The molecular formula is C11H13ClN2O. The van der Waals surface area contributed by atoms with Crippen LogP contribution in [0.3, 0.4) is 0 Å². The molecule has 0 radical (unpaired) electrons. The van der Waals surface area contributed by atoms with E-state index in [0.29, 0.717) is 0 Å². The molecule has 1 amide bonds. The molecule has 0 bridgehead atoms. The summed E-state index contributed by atoms with van der Waals surface area (Å²) in [5.41, 5.74) is 2.68. The van der Waals surface area contributed by atoms with Crippen molar-refractivity contribution in [3.05, 3.63) is 35.4 Å². The summed E-state index contributed by atoms with van der Waals surface area (Å²) < 4.78 is 0. The quantitative estimate of drug-likeness (QED) is 0.765. The summed E-state index contributed by atoms with van der Waals surface area (Å²) in [5.74, 6) is -0.193. The number of rotatable bonds is 3. The number of fused-ring (bicyclic) bond motifs is 1. The highest BCUT2D eigenvalue weighted by Crippen LogP contribution is 2.30. The number of carbonyl (C=O) groups excluding carboxylic acids is 1. The maximum atomic E-state index is 11.0. The highest BCUT2D eigenvalue weighted by atomic mass is 35.5. The Hall–Kier alpha value is -1.06. The molecule has 0 aliphatic heterocycles. The van der Waals surface area contributed by atoms with E-state index in [9.17, 15) is 4.79 Å². The second-order valence-electron chi connectivity index (χ2n) is 3.69. The van der Waals surface area contributed by atoms with E-state index in [-0.39, 0.29) is 18.5 Å². The lowest BCUT2D eigenvalue weighted by molar-refractivity contribution is -0.118. The van der Waals surface area contributed by atoms with Gasteiger partial charge in [-0.2, -0.15) is 0 Å². The summed E-state index contributed by atoms with van der Waals surface area (Å²) in [5, 5.41) is 3.19. The third kappa shape index (κ3) is 2.30. The van der Waals surface area contributed by atoms with E-state index in [4.69, 9.17) is 11.8 Å². The molecule has 4 heteroatoms. The molecule has 1 aromatic rings. The standard InChI is InChI=1S/C11H13ClN2O/c12-14-11(15)7-13-10-6-5-8-3-1-2-4-9(8)10/h1-4,10,13H,5-7H2,(H,14,15). The van der Waals surface area contributed by atoms with E-state index in [1.54, 1.807) is 0 Å². The summed E-state index contributed by atoms with van der Waals surface area (Å²) >= 11 is 5.20. The summed E-state index contributed by atoms with van der Waals surface area (Å²) in [6.45, 7) is 0.266. The highest BCUT2D eigenvalue weighted by Gasteiger charge is 2.21. The van der Waals surface area contributed by atoms with Crippen LogP contribution < -0.4 is 10.2 Å². The van der Waals surface area contributed by atoms with Crippen molar-refractivity contribution >= 4 is 17.7 Å². The van der Waals surface area contributed by atoms with Gasteiger partial charge in [0, 0.05) is 17.8 Å². The third-order valence-corrected chi connectivity index (χ3v) is 2.96. The van der Waals surface area contributed by atoms with Gasteiger partial charge in [0.05, 0.1) is 6.54 Å². The van der Waals surface area contributed by atoms with Crippen molar-refractivity contribution < 1.29 is 4.79 Å². The average Bonchev–Trinajstić information content (AvgIpc) is 2.69. The normalized spacial score (nSPS) is 18.6. The molecule has 2 N–H and O–H groups in total. The maximum absolute atomic E-state index is 11.0. The molecule has 1 unspecified atom stereocenters. The monoisotopic (exact) mass is 224 g/mol. The van der Waals surface area contributed by atoms with Crippen molar-refractivity contribution in [2.45, 2.75) is 18.9 Å². The molecule has 1 aliphatic rings. The average molecular weight is 225 g/mol.